The van der Waals surface area contributed by atoms with E-state index in [-0.39, 0.29) is 5.69 Å². The van der Waals surface area contributed by atoms with Crippen molar-refractivity contribution in [3.8, 4) is 0 Å². The van der Waals surface area contributed by atoms with Crippen LogP contribution < -0.4 is 0 Å². The minimum Gasteiger partial charge on any atom is -0.356 e. The minimum atomic E-state index is -0.400. The van der Waals surface area contributed by atoms with Crippen molar-refractivity contribution >= 4 is 17.4 Å². The highest BCUT2D eigenvalue weighted by molar-refractivity contribution is 7.99. The van der Waals surface area contributed by atoms with Gasteiger partial charge in [0.2, 0.25) is 0 Å². The number of H-pyrrole nitrogens is 1. The molecule has 15 heavy (non-hydrogen) atoms. The van der Waals surface area contributed by atoms with Gasteiger partial charge >= 0.3 is 0 Å². The van der Waals surface area contributed by atoms with Crippen molar-refractivity contribution in [1.82, 2.24) is 4.98 Å². The molecule has 2 rings (SSSR count). The van der Waals surface area contributed by atoms with Crippen LogP contribution >= 0.6 is 11.8 Å². The Labute approximate surface area is 90.5 Å². The second-order valence-corrected chi connectivity index (χ2v) is 4.00. The quantitative estimate of drug-likeness (QED) is 0.638. The van der Waals surface area contributed by atoms with E-state index in [0.29, 0.717) is 0 Å². The lowest BCUT2D eigenvalue weighted by Gasteiger charge is -1.97. The van der Waals surface area contributed by atoms with Crippen molar-refractivity contribution in [2.75, 3.05) is 0 Å². The standard InChI is InChI=1S/C10H8N2O2S/c13-12(14)8-3-5-9(6-4-8)15-10-2-1-7-11-10/h1-7,11H. The number of nitro benzene ring substituents is 1. The van der Waals surface area contributed by atoms with Gasteiger partial charge in [0, 0.05) is 23.2 Å². The lowest BCUT2D eigenvalue weighted by Crippen LogP contribution is -1.86. The van der Waals surface area contributed by atoms with E-state index in [2.05, 4.69) is 4.98 Å². The van der Waals surface area contributed by atoms with Gasteiger partial charge in [0.25, 0.3) is 5.69 Å². The molecule has 0 atom stereocenters. The Morgan fingerprint density at radius 2 is 1.93 bits per heavy atom. The Hall–Kier alpha value is -1.75. The van der Waals surface area contributed by atoms with Gasteiger partial charge in [-0.15, -0.1) is 0 Å². The zero-order valence-corrected chi connectivity index (χ0v) is 8.53. The summed E-state index contributed by atoms with van der Waals surface area (Å²) in [5.41, 5.74) is 0.117. The lowest BCUT2D eigenvalue weighted by atomic mass is 10.3. The Morgan fingerprint density at radius 1 is 1.20 bits per heavy atom. The molecule has 0 spiro atoms. The molecule has 4 nitrogen and oxygen atoms in total. The number of nitrogens with zero attached hydrogens (tertiary/aromatic N) is 1. The molecule has 0 aliphatic heterocycles. The van der Waals surface area contributed by atoms with Crippen molar-refractivity contribution < 1.29 is 4.92 Å². The summed E-state index contributed by atoms with van der Waals surface area (Å²) in [6.07, 6.45) is 1.84. The van der Waals surface area contributed by atoms with Gasteiger partial charge < -0.3 is 4.98 Å². The monoisotopic (exact) mass is 220 g/mol. The molecule has 0 amide bonds. The molecule has 0 saturated carbocycles. The number of nitrogens with one attached hydrogen (secondary N) is 1. The Morgan fingerprint density at radius 3 is 2.47 bits per heavy atom. The van der Waals surface area contributed by atoms with Crippen molar-refractivity contribution in [1.29, 1.82) is 0 Å². The molecule has 0 aliphatic carbocycles. The van der Waals surface area contributed by atoms with Crippen LogP contribution in [-0.4, -0.2) is 9.91 Å². The van der Waals surface area contributed by atoms with Crippen molar-refractivity contribution in [3.05, 3.63) is 52.7 Å². The third-order valence-corrected chi connectivity index (χ3v) is 2.83. The van der Waals surface area contributed by atoms with E-state index in [9.17, 15) is 10.1 Å². The molecule has 1 aromatic carbocycles. The second-order valence-electron chi connectivity index (χ2n) is 2.89. The first-order chi connectivity index (χ1) is 7.25. The number of benzene rings is 1. The second kappa shape index (κ2) is 4.18. The summed E-state index contributed by atoms with van der Waals surface area (Å²) in [7, 11) is 0. The van der Waals surface area contributed by atoms with Crippen LogP contribution in [0.15, 0.2) is 52.5 Å². The maximum Gasteiger partial charge on any atom is 0.269 e. The molecule has 0 aliphatic rings. The molecular weight excluding hydrogens is 212 g/mol. The van der Waals surface area contributed by atoms with Crippen molar-refractivity contribution in [2.45, 2.75) is 9.92 Å². The van der Waals surface area contributed by atoms with E-state index in [1.807, 2.05) is 18.3 Å². The number of nitro groups is 1. The van der Waals surface area contributed by atoms with Gasteiger partial charge in [0.05, 0.1) is 9.95 Å². The van der Waals surface area contributed by atoms with E-state index >= 15 is 0 Å². The molecule has 1 heterocycles. The number of rotatable bonds is 3. The highest BCUT2D eigenvalue weighted by Gasteiger charge is 2.04. The fourth-order valence-corrected chi connectivity index (χ4v) is 1.94. The van der Waals surface area contributed by atoms with E-state index in [1.54, 1.807) is 12.1 Å². The largest absolute Gasteiger partial charge is 0.356 e. The van der Waals surface area contributed by atoms with Gasteiger partial charge in [0.15, 0.2) is 0 Å². The predicted molar refractivity (Wildman–Crippen MR) is 58.0 cm³/mol. The van der Waals surface area contributed by atoms with Crippen LogP contribution in [0.2, 0.25) is 0 Å². The molecule has 0 bridgehead atoms. The number of hydrogen-bond acceptors (Lipinski definition) is 3. The summed E-state index contributed by atoms with van der Waals surface area (Å²) >= 11 is 1.54. The Bertz CT molecular complexity index is 451. The van der Waals surface area contributed by atoms with Crippen LogP contribution in [0.25, 0.3) is 0 Å². The molecule has 0 unspecified atom stereocenters. The average molecular weight is 220 g/mol. The van der Waals surface area contributed by atoms with Gasteiger partial charge in [-0.05, 0) is 24.3 Å². The SMILES string of the molecule is O=[N+]([O-])c1ccc(Sc2ccc[nH]2)cc1. The van der Waals surface area contributed by atoms with Crippen LogP contribution in [0.3, 0.4) is 0 Å². The predicted octanol–water partition coefficient (Wildman–Crippen LogP) is 3.07. The smallest absolute Gasteiger partial charge is 0.269 e. The maximum atomic E-state index is 10.4. The van der Waals surface area contributed by atoms with Crippen LogP contribution in [0.1, 0.15) is 0 Å². The van der Waals surface area contributed by atoms with E-state index in [1.165, 1.54) is 23.9 Å². The van der Waals surface area contributed by atoms with Crippen LogP contribution in [0.5, 0.6) is 0 Å². The molecule has 2 aromatic rings. The van der Waals surface area contributed by atoms with Crippen molar-refractivity contribution in [3.63, 3.8) is 0 Å². The first-order valence-electron chi connectivity index (χ1n) is 4.31. The zero-order chi connectivity index (χ0) is 10.7. The topological polar surface area (TPSA) is 58.9 Å². The zero-order valence-electron chi connectivity index (χ0n) is 7.71. The molecule has 1 aromatic heterocycles. The number of hydrogen-bond donors (Lipinski definition) is 1. The highest BCUT2D eigenvalue weighted by Crippen LogP contribution is 2.27. The van der Waals surface area contributed by atoms with Crippen LogP contribution in [-0.2, 0) is 0 Å². The summed E-state index contributed by atoms with van der Waals surface area (Å²) < 4.78 is 0. The summed E-state index contributed by atoms with van der Waals surface area (Å²) in [6, 6.07) is 10.4. The summed E-state index contributed by atoms with van der Waals surface area (Å²) in [5.74, 6) is 0. The lowest BCUT2D eigenvalue weighted by molar-refractivity contribution is -0.384. The highest BCUT2D eigenvalue weighted by atomic mass is 32.2. The first kappa shape index (κ1) is 9.79. The van der Waals surface area contributed by atoms with Crippen molar-refractivity contribution in [2.24, 2.45) is 0 Å². The van der Waals surface area contributed by atoms with Crippen LogP contribution in [0, 0.1) is 10.1 Å². The first-order valence-corrected chi connectivity index (χ1v) is 5.13. The Balaban J connectivity index is 2.14. The maximum absolute atomic E-state index is 10.4. The normalized spacial score (nSPS) is 10.1. The Kier molecular flexibility index (Phi) is 2.73. The molecule has 1 N–H and O–H groups in total. The third kappa shape index (κ3) is 2.38. The molecule has 76 valence electrons. The number of non-ortho nitro benzene ring substituents is 1. The summed E-state index contributed by atoms with van der Waals surface area (Å²) in [6.45, 7) is 0. The van der Waals surface area contributed by atoms with Gasteiger partial charge in [0.1, 0.15) is 0 Å². The van der Waals surface area contributed by atoms with E-state index in [0.717, 1.165) is 9.92 Å². The fraction of sp³-hybridized carbons (Fsp3) is 0. The summed E-state index contributed by atoms with van der Waals surface area (Å²) in [4.78, 5) is 14.0. The molecule has 0 radical (unpaired) electrons. The fourth-order valence-electron chi connectivity index (χ4n) is 1.14. The minimum absolute atomic E-state index is 0.117. The number of aromatic nitrogens is 1. The summed E-state index contributed by atoms with van der Waals surface area (Å²) in [5, 5.41) is 11.4. The van der Waals surface area contributed by atoms with E-state index < -0.39 is 4.92 Å². The van der Waals surface area contributed by atoms with Gasteiger partial charge in [-0.3, -0.25) is 10.1 Å². The molecule has 5 heteroatoms. The van der Waals surface area contributed by atoms with Gasteiger partial charge in [-0.25, -0.2) is 0 Å². The third-order valence-electron chi connectivity index (χ3n) is 1.84. The molecule has 0 fully saturated rings. The van der Waals surface area contributed by atoms with Gasteiger partial charge in [-0.1, -0.05) is 11.8 Å². The number of aromatic amines is 1. The average Bonchev–Trinajstić information content (AvgIpc) is 2.71. The molecule has 0 saturated heterocycles. The molecular formula is C10H8N2O2S. The van der Waals surface area contributed by atoms with E-state index in [4.69, 9.17) is 0 Å². The van der Waals surface area contributed by atoms with Gasteiger partial charge in [-0.2, -0.15) is 0 Å². The van der Waals surface area contributed by atoms with Crippen LogP contribution in [0.4, 0.5) is 5.69 Å².